The first kappa shape index (κ1) is 22.1. The maximum Gasteiger partial charge on any atom is 0.309 e. The fourth-order valence-corrected chi connectivity index (χ4v) is 3.10. The number of esters is 1. The third-order valence-corrected chi connectivity index (χ3v) is 4.84. The van der Waals surface area contributed by atoms with E-state index in [0.29, 0.717) is 25.9 Å². The first-order chi connectivity index (χ1) is 13.0. The fourth-order valence-electron chi connectivity index (χ4n) is 2.94. The average molecular weight is 413 g/mol. The van der Waals surface area contributed by atoms with E-state index in [1.165, 1.54) is 19.1 Å². The van der Waals surface area contributed by atoms with E-state index in [9.17, 15) is 18.8 Å². The lowest BCUT2D eigenvalue weighted by atomic mass is 9.91. The Hall–Kier alpha value is -2.15. The quantitative estimate of drug-likeness (QED) is 0.766. The molecule has 0 spiro atoms. The summed E-state index contributed by atoms with van der Waals surface area (Å²) >= 11 is 5.68. The summed E-state index contributed by atoms with van der Waals surface area (Å²) in [5.74, 6) is -2.10. The van der Waals surface area contributed by atoms with Gasteiger partial charge in [-0.15, -0.1) is 0 Å². The number of amides is 2. The Balaban J connectivity index is 1.85. The predicted octanol–water partition coefficient (Wildman–Crippen LogP) is 3.63. The lowest BCUT2D eigenvalue weighted by Gasteiger charge is -2.35. The number of halogens is 2. The van der Waals surface area contributed by atoms with Crippen LogP contribution in [-0.2, 0) is 19.1 Å². The molecule has 1 heterocycles. The maximum atomic E-state index is 13.8. The van der Waals surface area contributed by atoms with Crippen molar-refractivity contribution in [3.05, 3.63) is 29.0 Å². The van der Waals surface area contributed by atoms with E-state index in [2.05, 4.69) is 5.32 Å². The van der Waals surface area contributed by atoms with Crippen LogP contribution in [0, 0.1) is 17.2 Å². The Kier molecular flexibility index (Phi) is 7.04. The van der Waals surface area contributed by atoms with Crippen molar-refractivity contribution in [3.8, 4) is 0 Å². The minimum Gasteiger partial charge on any atom is -0.452 e. The first-order valence-electron chi connectivity index (χ1n) is 9.25. The Morgan fingerprint density at radius 2 is 1.86 bits per heavy atom. The van der Waals surface area contributed by atoms with Gasteiger partial charge in [0.1, 0.15) is 5.82 Å². The lowest BCUT2D eigenvalue weighted by Crippen LogP contribution is -2.45. The summed E-state index contributed by atoms with van der Waals surface area (Å²) in [6, 6.07) is 3.87. The van der Waals surface area contributed by atoms with Gasteiger partial charge in [0.15, 0.2) is 6.10 Å². The van der Waals surface area contributed by atoms with Gasteiger partial charge in [0, 0.05) is 23.5 Å². The van der Waals surface area contributed by atoms with E-state index in [0.717, 1.165) is 6.07 Å². The van der Waals surface area contributed by atoms with E-state index in [1.807, 2.05) is 20.8 Å². The minimum atomic E-state index is -1.07. The van der Waals surface area contributed by atoms with Crippen molar-refractivity contribution in [1.82, 2.24) is 4.90 Å². The molecule has 154 valence electrons. The lowest BCUT2D eigenvalue weighted by molar-refractivity contribution is -0.160. The molecule has 0 bridgehead atoms. The standard InChI is InChI=1S/C20H26ClFN2O4/c1-12(17(25)23-16-6-5-14(21)11-15(16)22)28-18(26)13-7-9-24(10-8-13)19(27)20(2,3)4/h5-6,11-13H,7-10H2,1-4H3,(H,23,25). The maximum absolute atomic E-state index is 13.8. The molecular weight excluding hydrogens is 387 g/mol. The number of nitrogens with zero attached hydrogens (tertiary/aromatic N) is 1. The predicted molar refractivity (Wildman–Crippen MR) is 104 cm³/mol. The Morgan fingerprint density at radius 3 is 2.39 bits per heavy atom. The molecule has 0 aromatic heterocycles. The second kappa shape index (κ2) is 8.90. The van der Waals surface area contributed by atoms with Crippen molar-refractivity contribution in [2.24, 2.45) is 11.3 Å². The molecule has 2 rings (SSSR count). The SMILES string of the molecule is CC(OC(=O)C1CCN(C(=O)C(C)(C)C)CC1)C(=O)Nc1ccc(Cl)cc1F. The molecule has 2 amide bonds. The summed E-state index contributed by atoms with van der Waals surface area (Å²) in [6.07, 6.45) is -0.0986. The van der Waals surface area contributed by atoms with E-state index >= 15 is 0 Å². The van der Waals surface area contributed by atoms with Gasteiger partial charge in [-0.2, -0.15) is 0 Å². The highest BCUT2D eigenvalue weighted by Crippen LogP contribution is 2.25. The Morgan fingerprint density at radius 1 is 1.25 bits per heavy atom. The smallest absolute Gasteiger partial charge is 0.309 e. The molecule has 1 fully saturated rings. The number of benzene rings is 1. The first-order valence-corrected chi connectivity index (χ1v) is 9.62. The summed E-state index contributed by atoms with van der Waals surface area (Å²) in [5.41, 5.74) is -0.497. The van der Waals surface area contributed by atoms with E-state index in [1.54, 1.807) is 4.90 Å². The summed E-state index contributed by atoms with van der Waals surface area (Å²) in [4.78, 5) is 38.6. The molecule has 0 radical (unpaired) electrons. The second-order valence-electron chi connectivity index (χ2n) is 8.01. The van der Waals surface area contributed by atoms with Gasteiger partial charge >= 0.3 is 5.97 Å². The van der Waals surface area contributed by atoms with E-state index in [4.69, 9.17) is 16.3 Å². The summed E-state index contributed by atoms with van der Waals surface area (Å²) in [6.45, 7) is 7.97. The van der Waals surface area contributed by atoms with E-state index < -0.39 is 29.2 Å². The summed E-state index contributed by atoms with van der Waals surface area (Å²) in [5, 5.41) is 2.60. The van der Waals surface area contributed by atoms with Gasteiger partial charge < -0.3 is 15.0 Å². The minimum absolute atomic E-state index is 0.0358. The molecule has 28 heavy (non-hydrogen) atoms. The van der Waals surface area contributed by atoms with Crippen LogP contribution >= 0.6 is 11.6 Å². The van der Waals surface area contributed by atoms with Crippen molar-refractivity contribution in [2.45, 2.75) is 46.6 Å². The van der Waals surface area contributed by atoms with Crippen LogP contribution in [0.25, 0.3) is 0 Å². The van der Waals surface area contributed by atoms with Gasteiger partial charge in [-0.05, 0) is 38.0 Å². The molecule has 1 aliphatic rings. The van der Waals surface area contributed by atoms with Crippen molar-refractivity contribution in [3.63, 3.8) is 0 Å². The number of carbonyl (C=O) groups excluding carboxylic acids is 3. The molecule has 6 nitrogen and oxygen atoms in total. The van der Waals surface area contributed by atoms with Crippen LogP contribution in [0.3, 0.4) is 0 Å². The summed E-state index contributed by atoms with van der Waals surface area (Å²) in [7, 11) is 0. The van der Waals surface area contributed by atoms with Crippen molar-refractivity contribution < 1.29 is 23.5 Å². The van der Waals surface area contributed by atoms with Crippen molar-refractivity contribution >= 4 is 35.1 Å². The molecular formula is C20H26ClFN2O4. The van der Waals surface area contributed by atoms with Crippen LogP contribution in [0.2, 0.25) is 5.02 Å². The largest absolute Gasteiger partial charge is 0.452 e. The molecule has 1 unspecified atom stereocenters. The van der Waals surface area contributed by atoms with Gasteiger partial charge in [0.25, 0.3) is 5.91 Å². The van der Waals surface area contributed by atoms with Crippen LogP contribution in [-0.4, -0.2) is 41.9 Å². The highest BCUT2D eigenvalue weighted by Gasteiger charge is 2.34. The van der Waals surface area contributed by atoms with Crippen LogP contribution in [0.4, 0.5) is 10.1 Å². The van der Waals surface area contributed by atoms with Crippen LogP contribution in [0.15, 0.2) is 18.2 Å². The average Bonchev–Trinajstić information content (AvgIpc) is 2.62. The van der Waals surface area contributed by atoms with Crippen molar-refractivity contribution in [2.75, 3.05) is 18.4 Å². The molecule has 0 aliphatic carbocycles. The summed E-state index contributed by atoms with van der Waals surface area (Å²) < 4.78 is 19.0. The molecule has 1 aromatic rings. The number of piperidine rings is 1. The molecule has 1 aromatic carbocycles. The molecule has 8 heteroatoms. The Labute approximate surface area is 169 Å². The third kappa shape index (κ3) is 5.67. The van der Waals surface area contributed by atoms with Gasteiger partial charge in [-0.25, -0.2) is 4.39 Å². The van der Waals surface area contributed by atoms with Crippen molar-refractivity contribution in [1.29, 1.82) is 0 Å². The highest BCUT2D eigenvalue weighted by molar-refractivity contribution is 6.30. The highest BCUT2D eigenvalue weighted by atomic mass is 35.5. The number of hydrogen-bond donors (Lipinski definition) is 1. The monoisotopic (exact) mass is 412 g/mol. The van der Waals surface area contributed by atoms with Crippen LogP contribution < -0.4 is 5.32 Å². The van der Waals surface area contributed by atoms with Gasteiger partial charge in [0.2, 0.25) is 5.91 Å². The topological polar surface area (TPSA) is 75.7 Å². The van der Waals surface area contributed by atoms with Crippen LogP contribution in [0.1, 0.15) is 40.5 Å². The number of anilines is 1. The third-order valence-electron chi connectivity index (χ3n) is 4.61. The van der Waals surface area contributed by atoms with Crippen LogP contribution in [0.5, 0.6) is 0 Å². The Bertz CT molecular complexity index is 755. The molecule has 1 saturated heterocycles. The van der Waals surface area contributed by atoms with E-state index in [-0.39, 0.29) is 22.5 Å². The molecule has 1 aliphatic heterocycles. The number of likely N-dealkylation sites (tertiary alicyclic amines) is 1. The zero-order valence-corrected chi connectivity index (χ0v) is 17.3. The van der Waals surface area contributed by atoms with Gasteiger partial charge in [-0.1, -0.05) is 32.4 Å². The zero-order valence-electron chi connectivity index (χ0n) is 16.6. The second-order valence-corrected chi connectivity index (χ2v) is 8.45. The molecule has 0 saturated carbocycles. The molecule has 1 N–H and O–H groups in total. The van der Waals surface area contributed by atoms with Gasteiger partial charge in [-0.3, -0.25) is 14.4 Å². The number of rotatable bonds is 4. The number of hydrogen-bond acceptors (Lipinski definition) is 4. The number of carbonyl (C=O) groups is 3. The van der Waals surface area contributed by atoms with Gasteiger partial charge in [0.05, 0.1) is 11.6 Å². The number of ether oxygens (including phenoxy) is 1. The normalized spacial score (nSPS) is 16.4. The fraction of sp³-hybridized carbons (Fsp3) is 0.550. The molecule has 1 atom stereocenters. The number of nitrogens with one attached hydrogen (secondary N) is 1. The zero-order chi connectivity index (χ0) is 21.1.